The van der Waals surface area contributed by atoms with E-state index in [0.29, 0.717) is 11.4 Å². The molecule has 3 aromatic rings. The second kappa shape index (κ2) is 9.86. The number of ether oxygens (including phenoxy) is 3. The van der Waals surface area contributed by atoms with Crippen LogP contribution in [0.5, 0.6) is 23.0 Å². The molecule has 0 unspecified atom stereocenters. The molecule has 0 aliphatic rings. The first-order valence-electron chi connectivity index (χ1n) is 9.30. The SMILES string of the molecule is COc1cc(C(=O)Nc2ccc(Oc3ccc(C)cc3)cc2)cc(Cl)c1OCC(N)=O. The van der Waals surface area contributed by atoms with E-state index in [9.17, 15) is 9.59 Å². The molecule has 160 valence electrons. The molecule has 0 aromatic heterocycles. The molecule has 0 fully saturated rings. The number of amides is 2. The molecule has 0 radical (unpaired) electrons. The third kappa shape index (κ3) is 5.90. The summed E-state index contributed by atoms with van der Waals surface area (Å²) in [5, 5.41) is 2.90. The molecule has 0 heterocycles. The van der Waals surface area contributed by atoms with Gasteiger partial charge in [0.1, 0.15) is 11.5 Å². The van der Waals surface area contributed by atoms with Crippen molar-refractivity contribution in [1.29, 1.82) is 0 Å². The van der Waals surface area contributed by atoms with Crippen LogP contribution in [0.1, 0.15) is 15.9 Å². The summed E-state index contributed by atoms with van der Waals surface area (Å²) in [5.74, 6) is 0.659. The van der Waals surface area contributed by atoms with Crippen molar-refractivity contribution in [1.82, 2.24) is 0 Å². The summed E-state index contributed by atoms with van der Waals surface area (Å²) in [6, 6.07) is 17.6. The van der Waals surface area contributed by atoms with Crippen molar-refractivity contribution < 1.29 is 23.8 Å². The molecule has 0 spiro atoms. The predicted molar refractivity (Wildman–Crippen MR) is 118 cm³/mol. The minimum atomic E-state index is -0.658. The van der Waals surface area contributed by atoms with E-state index in [-0.39, 0.29) is 28.7 Å². The summed E-state index contributed by atoms with van der Waals surface area (Å²) in [6.07, 6.45) is 0. The molecule has 31 heavy (non-hydrogen) atoms. The second-order valence-corrected chi connectivity index (χ2v) is 7.05. The molecule has 0 saturated heterocycles. The van der Waals surface area contributed by atoms with Gasteiger partial charge in [-0.15, -0.1) is 0 Å². The van der Waals surface area contributed by atoms with Gasteiger partial charge in [-0.3, -0.25) is 9.59 Å². The molecule has 0 atom stereocenters. The molecule has 2 amide bonds. The van der Waals surface area contributed by atoms with E-state index in [4.69, 9.17) is 31.5 Å². The quantitative estimate of drug-likeness (QED) is 0.534. The Balaban J connectivity index is 1.69. The molecule has 3 rings (SSSR count). The highest BCUT2D eigenvalue weighted by atomic mass is 35.5. The lowest BCUT2D eigenvalue weighted by atomic mass is 10.1. The lowest BCUT2D eigenvalue weighted by molar-refractivity contribution is -0.119. The van der Waals surface area contributed by atoms with Gasteiger partial charge in [0.05, 0.1) is 12.1 Å². The number of benzene rings is 3. The van der Waals surface area contributed by atoms with Crippen LogP contribution in [-0.2, 0) is 4.79 Å². The largest absolute Gasteiger partial charge is 0.493 e. The summed E-state index contributed by atoms with van der Waals surface area (Å²) < 4.78 is 16.3. The van der Waals surface area contributed by atoms with E-state index in [1.165, 1.54) is 19.2 Å². The van der Waals surface area contributed by atoms with E-state index in [0.717, 1.165) is 11.3 Å². The Hall–Kier alpha value is -3.71. The Morgan fingerprint density at radius 1 is 1.00 bits per heavy atom. The molecular formula is C23H21ClN2O5. The van der Waals surface area contributed by atoms with Crippen LogP contribution in [0, 0.1) is 6.92 Å². The summed E-state index contributed by atoms with van der Waals surface area (Å²) in [6.45, 7) is 1.64. The number of rotatable bonds is 8. The van der Waals surface area contributed by atoms with Crippen LogP contribution in [-0.4, -0.2) is 25.5 Å². The smallest absolute Gasteiger partial charge is 0.255 e. The van der Waals surface area contributed by atoms with Gasteiger partial charge in [0, 0.05) is 11.3 Å². The van der Waals surface area contributed by atoms with Crippen molar-refractivity contribution >= 4 is 29.1 Å². The highest BCUT2D eigenvalue weighted by molar-refractivity contribution is 6.32. The number of aryl methyl sites for hydroxylation is 1. The van der Waals surface area contributed by atoms with Gasteiger partial charge in [0.2, 0.25) is 0 Å². The van der Waals surface area contributed by atoms with Crippen molar-refractivity contribution in [3.8, 4) is 23.0 Å². The Bertz CT molecular complexity index is 1080. The van der Waals surface area contributed by atoms with E-state index < -0.39 is 11.8 Å². The van der Waals surface area contributed by atoms with Crippen molar-refractivity contribution in [3.05, 3.63) is 76.8 Å². The molecule has 0 aliphatic carbocycles. The zero-order chi connectivity index (χ0) is 22.4. The van der Waals surface area contributed by atoms with Crippen molar-refractivity contribution in [2.45, 2.75) is 6.92 Å². The van der Waals surface area contributed by atoms with Crippen LogP contribution in [0.25, 0.3) is 0 Å². The third-order valence-electron chi connectivity index (χ3n) is 4.22. The maximum absolute atomic E-state index is 12.6. The second-order valence-electron chi connectivity index (χ2n) is 6.64. The first-order valence-corrected chi connectivity index (χ1v) is 9.68. The fourth-order valence-corrected chi connectivity index (χ4v) is 2.95. The van der Waals surface area contributed by atoms with Crippen LogP contribution < -0.4 is 25.3 Å². The Kier molecular flexibility index (Phi) is 6.99. The molecule has 3 N–H and O–H groups in total. The summed E-state index contributed by atoms with van der Waals surface area (Å²) >= 11 is 6.20. The predicted octanol–water partition coefficient (Wildman–Crippen LogP) is 4.57. The number of methoxy groups -OCH3 is 1. The third-order valence-corrected chi connectivity index (χ3v) is 4.50. The minimum absolute atomic E-state index is 0.118. The first kappa shape index (κ1) is 22.0. The van der Waals surface area contributed by atoms with Gasteiger partial charge < -0.3 is 25.3 Å². The zero-order valence-electron chi connectivity index (χ0n) is 17.0. The molecule has 7 nitrogen and oxygen atoms in total. The average Bonchev–Trinajstić information content (AvgIpc) is 2.75. The monoisotopic (exact) mass is 440 g/mol. The van der Waals surface area contributed by atoms with E-state index in [1.54, 1.807) is 24.3 Å². The molecule has 8 heteroatoms. The van der Waals surface area contributed by atoms with Gasteiger partial charge in [-0.05, 0) is 55.5 Å². The summed E-state index contributed by atoms with van der Waals surface area (Å²) in [7, 11) is 1.40. The van der Waals surface area contributed by atoms with Crippen LogP contribution in [0.15, 0.2) is 60.7 Å². The van der Waals surface area contributed by atoms with Gasteiger partial charge in [-0.25, -0.2) is 0 Å². The van der Waals surface area contributed by atoms with Crippen LogP contribution in [0.4, 0.5) is 5.69 Å². The summed E-state index contributed by atoms with van der Waals surface area (Å²) in [4.78, 5) is 23.6. The van der Waals surface area contributed by atoms with Gasteiger partial charge in [0.15, 0.2) is 18.1 Å². The Morgan fingerprint density at radius 3 is 2.19 bits per heavy atom. The number of hydrogen-bond acceptors (Lipinski definition) is 5. The Morgan fingerprint density at radius 2 is 1.61 bits per heavy atom. The lowest BCUT2D eigenvalue weighted by Gasteiger charge is -2.13. The highest BCUT2D eigenvalue weighted by Gasteiger charge is 2.17. The Labute approximate surface area is 184 Å². The lowest BCUT2D eigenvalue weighted by Crippen LogP contribution is -2.20. The highest BCUT2D eigenvalue weighted by Crippen LogP contribution is 2.36. The molecule has 3 aromatic carbocycles. The standard InChI is InChI=1S/C23H21ClN2O5/c1-14-3-7-17(8-4-14)31-18-9-5-16(6-10-18)26-23(28)15-11-19(24)22(20(12-15)29-2)30-13-21(25)27/h3-12H,13H2,1-2H3,(H2,25,27)(H,26,28). The van der Waals surface area contributed by atoms with Crippen LogP contribution in [0.3, 0.4) is 0 Å². The van der Waals surface area contributed by atoms with E-state index in [1.807, 2.05) is 31.2 Å². The zero-order valence-corrected chi connectivity index (χ0v) is 17.7. The van der Waals surface area contributed by atoms with Crippen molar-refractivity contribution in [2.24, 2.45) is 5.73 Å². The van der Waals surface area contributed by atoms with Crippen LogP contribution >= 0.6 is 11.6 Å². The van der Waals surface area contributed by atoms with Crippen molar-refractivity contribution in [2.75, 3.05) is 19.0 Å². The number of hydrogen-bond donors (Lipinski definition) is 2. The number of carbonyl (C=O) groups is 2. The molecule has 0 bridgehead atoms. The fourth-order valence-electron chi connectivity index (χ4n) is 2.69. The maximum atomic E-state index is 12.6. The first-order chi connectivity index (χ1) is 14.9. The topological polar surface area (TPSA) is 99.9 Å². The van der Waals surface area contributed by atoms with Gasteiger partial charge in [-0.2, -0.15) is 0 Å². The molecule has 0 aliphatic heterocycles. The van der Waals surface area contributed by atoms with Gasteiger partial charge in [0.25, 0.3) is 11.8 Å². The van der Waals surface area contributed by atoms with Gasteiger partial charge in [-0.1, -0.05) is 29.3 Å². The number of nitrogens with one attached hydrogen (secondary N) is 1. The average molecular weight is 441 g/mol. The fraction of sp³-hybridized carbons (Fsp3) is 0.130. The molecule has 0 saturated carbocycles. The number of anilines is 1. The maximum Gasteiger partial charge on any atom is 0.255 e. The van der Waals surface area contributed by atoms with Crippen LogP contribution in [0.2, 0.25) is 5.02 Å². The number of carbonyl (C=O) groups excluding carboxylic acids is 2. The van der Waals surface area contributed by atoms with Crippen molar-refractivity contribution in [3.63, 3.8) is 0 Å². The summed E-state index contributed by atoms with van der Waals surface area (Å²) in [5.41, 5.74) is 7.06. The molecular weight excluding hydrogens is 420 g/mol. The normalized spacial score (nSPS) is 10.3. The van der Waals surface area contributed by atoms with E-state index >= 15 is 0 Å². The van der Waals surface area contributed by atoms with E-state index in [2.05, 4.69) is 5.32 Å². The number of primary amides is 1. The number of nitrogens with two attached hydrogens (primary N) is 1. The minimum Gasteiger partial charge on any atom is -0.493 e. The van der Waals surface area contributed by atoms with Gasteiger partial charge >= 0.3 is 0 Å². The number of halogens is 1.